The van der Waals surface area contributed by atoms with Gasteiger partial charge in [-0.25, -0.2) is 4.68 Å². The third-order valence-electron chi connectivity index (χ3n) is 2.52. The summed E-state index contributed by atoms with van der Waals surface area (Å²) in [6.45, 7) is 2.96. The Labute approximate surface area is 80.7 Å². The number of rotatable bonds is 1. The number of fused-ring (bicyclic) bond motifs is 1. The van der Waals surface area contributed by atoms with E-state index in [0.29, 0.717) is 6.04 Å². The highest BCUT2D eigenvalue weighted by Gasteiger charge is 2.22. The number of nitrogens with zero attached hydrogens (tertiary/aromatic N) is 3. The molecule has 0 bridgehead atoms. The molecule has 14 heavy (non-hydrogen) atoms. The van der Waals surface area contributed by atoms with E-state index in [1.807, 2.05) is 6.20 Å². The minimum atomic E-state index is 0.380. The predicted octanol–water partition coefficient (Wildman–Crippen LogP) is 1.02. The predicted molar refractivity (Wildman–Crippen MR) is 48.9 cm³/mol. The van der Waals surface area contributed by atoms with E-state index in [1.165, 1.54) is 5.56 Å². The van der Waals surface area contributed by atoms with E-state index in [2.05, 4.69) is 22.5 Å². The van der Waals surface area contributed by atoms with Crippen molar-refractivity contribution in [2.75, 3.05) is 0 Å². The Morgan fingerprint density at radius 3 is 3.29 bits per heavy atom. The number of hydrogen-bond donors (Lipinski definition) is 1. The summed E-state index contributed by atoms with van der Waals surface area (Å²) in [5, 5.41) is 11.6. The van der Waals surface area contributed by atoms with Crippen LogP contribution >= 0.6 is 0 Å². The maximum Gasteiger partial charge on any atom is 0.196 e. The molecule has 1 atom stereocenters. The number of hydrogen-bond acceptors (Lipinski definition) is 4. The van der Waals surface area contributed by atoms with Gasteiger partial charge in [-0.2, -0.15) is 5.10 Å². The molecule has 1 aliphatic heterocycles. The lowest BCUT2D eigenvalue weighted by Gasteiger charge is -2.00. The topological polar surface area (TPSA) is 55.9 Å². The van der Waals surface area contributed by atoms with Crippen LogP contribution in [-0.4, -0.2) is 14.9 Å². The highest BCUT2D eigenvalue weighted by Crippen LogP contribution is 2.24. The molecule has 0 radical (unpaired) electrons. The van der Waals surface area contributed by atoms with Gasteiger partial charge >= 0.3 is 0 Å². The lowest BCUT2D eigenvalue weighted by molar-refractivity contribution is 0.414. The summed E-state index contributed by atoms with van der Waals surface area (Å²) in [4.78, 5) is 0. The summed E-state index contributed by atoms with van der Waals surface area (Å²) in [5.74, 6) is 0.728. The molecule has 0 saturated heterocycles. The van der Waals surface area contributed by atoms with Crippen LogP contribution in [0.3, 0.4) is 0 Å². The van der Waals surface area contributed by atoms with Crippen LogP contribution in [0.15, 0.2) is 23.0 Å². The van der Waals surface area contributed by atoms with E-state index in [4.69, 9.17) is 4.52 Å². The fourth-order valence-electron chi connectivity index (χ4n) is 1.72. The third-order valence-corrected chi connectivity index (χ3v) is 2.52. The van der Waals surface area contributed by atoms with Crippen LogP contribution in [0.25, 0.3) is 5.82 Å². The van der Waals surface area contributed by atoms with Gasteiger partial charge in [-0.3, -0.25) is 0 Å². The van der Waals surface area contributed by atoms with Gasteiger partial charge in [0.25, 0.3) is 0 Å². The highest BCUT2D eigenvalue weighted by molar-refractivity contribution is 5.29. The molecule has 3 rings (SSSR count). The molecule has 0 aromatic carbocycles. The first-order valence-electron chi connectivity index (χ1n) is 4.57. The van der Waals surface area contributed by atoms with Gasteiger partial charge < -0.3 is 9.84 Å². The van der Waals surface area contributed by atoms with E-state index in [-0.39, 0.29) is 0 Å². The average molecular weight is 190 g/mol. The van der Waals surface area contributed by atoms with E-state index in [1.54, 1.807) is 17.0 Å². The first kappa shape index (κ1) is 7.75. The fraction of sp³-hybridized carbons (Fsp3) is 0.333. The van der Waals surface area contributed by atoms with E-state index < -0.39 is 0 Å². The van der Waals surface area contributed by atoms with Crippen molar-refractivity contribution >= 4 is 0 Å². The van der Waals surface area contributed by atoms with Gasteiger partial charge in [0.05, 0.1) is 5.69 Å². The first-order chi connectivity index (χ1) is 6.84. The molecule has 0 spiro atoms. The Morgan fingerprint density at radius 2 is 2.57 bits per heavy atom. The van der Waals surface area contributed by atoms with Crippen molar-refractivity contribution in [1.82, 2.24) is 20.3 Å². The van der Waals surface area contributed by atoms with Gasteiger partial charge in [-0.15, -0.1) is 0 Å². The van der Waals surface area contributed by atoms with Crippen molar-refractivity contribution < 1.29 is 4.52 Å². The monoisotopic (exact) mass is 190 g/mol. The quantitative estimate of drug-likeness (QED) is 0.729. The Balaban J connectivity index is 2.07. The Bertz CT molecular complexity index is 445. The van der Waals surface area contributed by atoms with E-state index in [0.717, 1.165) is 18.1 Å². The van der Waals surface area contributed by atoms with Crippen LogP contribution in [0.1, 0.15) is 24.2 Å². The standard InChI is InChI=1S/C9H10N4O/c1-6-7-5-13(9-2-3-14-12-9)11-8(7)4-10-6/h2-3,5-6,10H,4H2,1H3. The van der Waals surface area contributed by atoms with Crippen LogP contribution in [-0.2, 0) is 6.54 Å². The second-order valence-electron chi connectivity index (χ2n) is 3.44. The molecule has 5 heteroatoms. The lowest BCUT2D eigenvalue weighted by Crippen LogP contribution is -2.09. The molecule has 2 aromatic heterocycles. The van der Waals surface area contributed by atoms with Crippen molar-refractivity contribution in [3.05, 3.63) is 29.8 Å². The summed E-state index contributed by atoms with van der Waals surface area (Å²) in [6, 6.07) is 2.17. The number of aromatic nitrogens is 3. The first-order valence-corrected chi connectivity index (χ1v) is 4.57. The van der Waals surface area contributed by atoms with Crippen LogP contribution in [0, 0.1) is 0 Å². The summed E-state index contributed by atoms with van der Waals surface area (Å²) in [6.07, 6.45) is 3.54. The number of nitrogens with one attached hydrogen (secondary N) is 1. The largest absolute Gasteiger partial charge is 0.363 e. The molecule has 5 nitrogen and oxygen atoms in total. The van der Waals surface area contributed by atoms with Gasteiger partial charge in [-0.05, 0) is 6.92 Å². The summed E-state index contributed by atoms with van der Waals surface area (Å²) < 4.78 is 6.53. The molecule has 0 amide bonds. The van der Waals surface area contributed by atoms with Crippen LogP contribution < -0.4 is 5.32 Å². The van der Waals surface area contributed by atoms with Gasteiger partial charge in [0, 0.05) is 30.4 Å². The minimum Gasteiger partial charge on any atom is -0.363 e. The molecule has 1 unspecified atom stereocenters. The molecule has 72 valence electrons. The van der Waals surface area contributed by atoms with Crippen molar-refractivity contribution in [2.45, 2.75) is 19.5 Å². The van der Waals surface area contributed by atoms with Gasteiger partial charge in [0.1, 0.15) is 6.26 Å². The maximum absolute atomic E-state index is 4.77. The van der Waals surface area contributed by atoms with E-state index in [9.17, 15) is 0 Å². The second-order valence-corrected chi connectivity index (χ2v) is 3.44. The SMILES string of the molecule is CC1NCc2nn(-c3ccon3)cc21. The van der Waals surface area contributed by atoms with Crippen LogP contribution in [0.4, 0.5) is 0 Å². The normalized spacial score (nSPS) is 19.9. The Kier molecular flexibility index (Phi) is 1.49. The molecule has 0 aliphatic carbocycles. The summed E-state index contributed by atoms with van der Waals surface area (Å²) in [5.41, 5.74) is 2.34. The molecule has 0 fully saturated rings. The van der Waals surface area contributed by atoms with Crippen molar-refractivity contribution in [3.63, 3.8) is 0 Å². The minimum absolute atomic E-state index is 0.380. The van der Waals surface area contributed by atoms with Gasteiger partial charge in [-0.1, -0.05) is 5.16 Å². The third kappa shape index (κ3) is 0.990. The molecular formula is C9H10N4O. The molecular weight excluding hydrogens is 180 g/mol. The Morgan fingerprint density at radius 1 is 1.64 bits per heavy atom. The smallest absolute Gasteiger partial charge is 0.196 e. The molecule has 3 heterocycles. The molecule has 2 aromatic rings. The van der Waals surface area contributed by atoms with E-state index >= 15 is 0 Å². The lowest BCUT2D eigenvalue weighted by atomic mass is 10.2. The summed E-state index contributed by atoms with van der Waals surface area (Å²) >= 11 is 0. The van der Waals surface area contributed by atoms with Crippen molar-refractivity contribution in [1.29, 1.82) is 0 Å². The fourth-order valence-corrected chi connectivity index (χ4v) is 1.72. The Hall–Kier alpha value is -1.62. The zero-order valence-electron chi connectivity index (χ0n) is 7.77. The zero-order chi connectivity index (χ0) is 9.54. The zero-order valence-corrected chi connectivity index (χ0v) is 7.77. The molecule has 1 aliphatic rings. The van der Waals surface area contributed by atoms with Gasteiger partial charge in [0.2, 0.25) is 0 Å². The second kappa shape index (κ2) is 2.68. The van der Waals surface area contributed by atoms with Crippen LogP contribution in [0.2, 0.25) is 0 Å². The molecule has 1 N–H and O–H groups in total. The average Bonchev–Trinajstić information content (AvgIpc) is 2.83. The van der Waals surface area contributed by atoms with Crippen molar-refractivity contribution in [3.8, 4) is 5.82 Å². The highest BCUT2D eigenvalue weighted by atomic mass is 16.5. The van der Waals surface area contributed by atoms with Crippen LogP contribution in [0.5, 0.6) is 0 Å². The van der Waals surface area contributed by atoms with Crippen molar-refractivity contribution in [2.24, 2.45) is 0 Å². The maximum atomic E-state index is 4.77. The summed E-state index contributed by atoms with van der Waals surface area (Å²) in [7, 11) is 0. The molecule has 0 saturated carbocycles. The van der Waals surface area contributed by atoms with Gasteiger partial charge in [0.15, 0.2) is 5.82 Å².